The standard InChI is InChI=1S/C14H26BrN3O/c1-5-14(6-2,18(7-3)8-4)13(17-16)12-11(15)9-10-19-12/h9-10,13,17H,5-8,16H2,1-4H3. The maximum Gasteiger partial charge on any atom is 0.138 e. The van der Waals surface area contributed by atoms with Crippen molar-refractivity contribution in [3.05, 3.63) is 22.6 Å². The van der Waals surface area contributed by atoms with Crippen LogP contribution >= 0.6 is 15.9 Å². The van der Waals surface area contributed by atoms with Crippen molar-refractivity contribution < 1.29 is 4.42 Å². The highest BCUT2D eigenvalue weighted by atomic mass is 79.9. The van der Waals surface area contributed by atoms with E-state index in [9.17, 15) is 0 Å². The third-order valence-electron chi connectivity index (χ3n) is 4.23. The Morgan fingerprint density at radius 3 is 2.21 bits per heavy atom. The highest BCUT2D eigenvalue weighted by Gasteiger charge is 2.42. The van der Waals surface area contributed by atoms with E-state index in [2.05, 4.69) is 54.0 Å². The van der Waals surface area contributed by atoms with Gasteiger partial charge >= 0.3 is 0 Å². The zero-order valence-corrected chi connectivity index (χ0v) is 14.0. The van der Waals surface area contributed by atoms with Crippen molar-refractivity contribution in [2.24, 2.45) is 5.84 Å². The molecule has 1 atom stereocenters. The lowest BCUT2D eigenvalue weighted by Gasteiger charge is -2.47. The summed E-state index contributed by atoms with van der Waals surface area (Å²) in [6.45, 7) is 10.8. The summed E-state index contributed by atoms with van der Waals surface area (Å²) in [6.07, 6.45) is 3.71. The van der Waals surface area contributed by atoms with Gasteiger partial charge in [-0.1, -0.05) is 27.7 Å². The maximum atomic E-state index is 5.86. The molecule has 4 nitrogen and oxygen atoms in total. The van der Waals surface area contributed by atoms with Crippen LogP contribution in [0, 0.1) is 0 Å². The fraction of sp³-hybridized carbons (Fsp3) is 0.714. The van der Waals surface area contributed by atoms with Gasteiger partial charge in [0.15, 0.2) is 0 Å². The van der Waals surface area contributed by atoms with Gasteiger partial charge in [0.2, 0.25) is 0 Å². The van der Waals surface area contributed by atoms with Gasteiger partial charge in [-0.25, -0.2) is 5.43 Å². The topological polar surface area (TPSA) is 54.4 Å². The minimum atomic E-state index is -0.0430. The summed E-state index contributed by atoms with van der Waals surface area (Å²) in [4.78, 5) is 2.46. The number of nitrogens with two attached hydrogens (primary N) is 1. The molecule has 0 bridgehead atoms. The van der Waals surface area contributed by atoms with Gasteiger partial charge in [-0.2, -0.15) is 0 Å². The van der Waals surface area contributed by atoms with Crippen molar-refractivity contribution in [1.82, 2.24) is 10.3 Å². The Labute approximate surface area is 124 Å². The number of nitrogens with zero attached hydrogens (tertiary/aromatic N) is 1. The summed E-state index contributed by atoms with van der Waals surface area (Å²) in [5.74, 6) is 6.73. The first-order valence-electron chi connectivity index (χ1n) is 7.05. The zero-order chi connectivity index (χ0) is 14.5. The van der Waals surface area contributed by atoms with Crippen LogP contribution in [0.1, 0.15) is 52.3 Å². The molecule has 0 radical (unpaired) electrons. The molecular formula is C14H26BrN3O. The average molecular weight is 332 g/mol. The normalized spacial score (nSPS) is 14.1. The van der Waals surface area contributed by atoms with Gasteiger partial charge in [0, 0.05) is 5.54 Å². The molecule has 1 aromatic rings. The maximum absolute atomic E-state index is 5.86. The summed E-state index contributed by atoms with van der Waals surface area (Å²) in [5, 5.41) is 0. The van der Waals surface area contributed by atoms with Crippen molar-refractivity contribution in [3.8, 4) is 0 Å². The molecule has 1 heterocycles. The number of hydrogen-bond acceptors (Lipinski definition) is 4. The molecule has 0 aliphatic rings. The Balaban J connectivity index is 3.25. The lowest BCUT2D eigenvalue weighted by molar-refractivity contribution is 0.0406. The third-order valence-corrected chi connectivity index (χ3v) is 4.88. The fourth-order valence-electron chi connectivity index (χ4n) is 3.13. The molecule has 1 unspecified atom stereocenters. The van der Waals surface area contributed by atoms with Crippen molar-refractivity contribution in [1.29, 1.82) is 0 Å². The van der Waals surface area contributed by atoms with Crippen molar-refractivity contribution in [2.45, 2.75) is 52.1 Å². The first-order valence-corrected chi connectivity index (χ1v) is 7.84. The van der Waals surface area contributed by atoms with Crippen LogP contribution < -0.4 is 11.3 Å². The van der Waals surface area contributed by atoms with Crippen LogP contribution in [0.3, 0.4) is 0 Å². The van der Waals surface area contributed by atoms with Gasteiger partial charge in [-0.3, -0.25) is 10.7 Å². The van der Waals surface area contributed by atoms with E-state index in [4.69, 9.17) is 10.3 Å². The molecule has 0 aliphatic heterocycles. The number of halogens is 1. The third kappa shape index (κ3) is 3.05. The van der Waals surface area contributed by atoms with Gasteiger partial charge < -0.3 is 4.42 Å². The van der Waals surface area contributed by atoms with E-state index >= 15 is 0 Å². The molecule has 3 N–H and O–H groups in total. The quantitative estimate of drug-likeness (QED) is 0.566. The minimum Gasteiger partial charge on any atom is -0.466 e. The molecule has 0 aliphatic carbocycles. The molecule has 0 saturated heterocycles. The molecule has 0 amide bonds. The fourth-order valence-corrected chi connectivity index (χ4v) is 3.56. The van der Waals surface area contributed by atoms with Crippen LogP contribution in [-0.2, 0) is 0 Å². The Hall–Kier alpha value is -0.360. The zero-order valence-electron chi connectivity index (χ0n) is 12.4. The largest absolute Gasteiger partial charge is 0.466 e. The summed E-state index contributed by atoms with van der Waals surface area (Å²) >= 11 is 3.54. The van der Waals surface area contributed by atoms with Crippen LogP contribution in [0.2, 0.25) is 0 Å². The summed E-state index contributed by atoms with van der Waals surface area (Å²) in [5.41, 5.74) is 2.93. The lowest BCUT2D eigenvalue weighted by atomic mass is 9.81. The minimum absolute atomic E-state index is 0.0354. The summed E-state index contributed by atoms with van der Waals surface area (Å²) in [7, 11) is 0. The molecule has 0 aromatic carbocycles. The van der Waals surface area contributed by atoms with Crippen molar-refractivity contribution in [3.63, 3.8) is 0 Å². The second kappa shape index (κ2) is 7.43. The molecular weight excluding hydrogens is 306 g/mol. The number of likely N-dealkylation sites (N-methyl/N-ethyl adjacent to an activating group) is 1. The van der Waals surface area contributed by atoms with Crippen LogP contribution in [0.15, 0.2) is 21.2 Å². The van der Waals surface area contributed by atoms with E-state index in [0.29, 0.717) is 0 Å². The van der Waals surface area contributed by atoms with Crippen LogP contribution in [0.5, 0.6) is 0 Å². The van der Waals surface area contributed by atoms with E-state index < -0.39 is 0 Å². The average Bonchev–Trinajstić information content (AvgIpc) is 2.85. The number of furan rings is 1. The summed E-state index contributed by atoms with van der Waals surface area (Å²) < 4.78 is 6.62. The van der Waals surface area contributed by atoms with Gasteiger partial charge in [0.1, 0.15) is 5.76 Å². The first kappa shape index (κ1) is 16.7. The van der Waals surface area contributed by atoms with E-state index in [-0.39, 0.29) is 11.6 Å². The molecule has 5 heteroatoms. The first-order chi connectivity index (χ1) is 9.11. The molecule has 0 spiro atoms. The number of hydrazine groups is 1. The van der Waals surface area contributed by atoms with Gasteiger partial charge in [-0.05, 0) is 47.9 Å². The molecule has 0 saturated carbocycles. The number of nitrogens with one attached hydrogen (secondary N) is 1. The number of hydrogen-bond donors (Lipinski definition) is 2. The predicted octanol–water partition coefficient (Wildman–Crippen LogP) is 3.45. The molecule has 110 valence electrons. The van der Waals surface area contributed by atoms with E-state index in [1.54, 1.807) is 6.26 Å². The predicted molar refractivity (Wildman–Crippen MR) is 82.7 cm³/mol. The smallest absolute Gasteiger partial charge is 0.138 e. The number of rotatable bonds is 8. The van der Waals surface area contributed by atoms with Crippen LogP contribution in [-0.4, -0.2) is 23.5 Å². The van der Waals surface area contributed by atoms with E-state index in [1.165, 1.54) is 0 Å². The van der Waals surface area contributed by atoms with Crippen molar-refractivity contribution in [2.75, 3.05) is 13.1 Å². The van der Waals surface area contributed by atoms with Gasteiger partial charge in [0.05, 0.1) is 16.8 Å². The summed E-state index contributed by atoms with van der Waals surface area (Å²) in [6, 6.07) is 1.88. The van der Waals surface area contributed by atoms with Crippen LogP contribution in [0.25, 0.3) is 0 Å². The SMILES string of the molecule is CCN(CC)C(CC)(CC)C(NN)c1occc1Br. The molecule has 1 rings (SSSR count). The lowest BCUT2D eigenvalue weighted by Crippen LogP contribution is -2.57. The Morgan fingerprint density at radius 1 is 1.32 bits per heavy atom. The second-order valence-electron chi connectivity index (χ2n) is 4.72. The van der Waals surface area contributed by atoms with Crippen molar-refractivity contribution >= 4 is 15.9 Å². The Kier molecular flexibility index (Phi) is 6.53. The van der Waals surface area contributed by atoms with Gasteiger partial charge in [-0.15, -0.1) is 0 Å². The van der Waals surface area contributed by atoms with Gasteiger partial charge in [0.25, 0.3) is 0 Å². The highest BCUT2D eigenvalue weighted by molar-refractivity contribution is 9.10. The molecule has 0 fully saturated rings. The monoisotopic (exact) mass is 331 g/mol. The molecule has 19 heavy (non-hydrogen) atoms. The Bertz CT molecular complexity index is 373. The van der Waals surface area contributed by atoms with E-state index in [0.717, 1.165) is 36.2 Å². The van der Waals surface area contributed by atoms with E-state index in [1.807, 2.05) is 6.07 Å². The highest BCUT2D eigenvalue weighted by Crippen LogP contribution is 2.39. The van der Waals surface area contributed by atoms with Crippen LogP contribution in [0.4, 0.5) is 0 Å². The molecule has 1 aromatic heterocycles. The second-order valence-corrected chi connectivity index (χ2v) is 5.57. The Morgan fingerprint density at radius 2 is 1.89 bits per heavy atom.